The second kappa shape index (κ2) is 7.71. The summed E-state index contributed by atoms with van der Waals surface area (Å²) in [7, 11) is 3.17. The summed E-state index contributed by atoms with van der Waals surface area (Å²) in [6.45, 7) is 0.304. The zero-order valence-electron chi connectivity index (χ0n) is 14.2. The van der Waals surface area contributed by atoms with Crippen LogP contribution in [0.1, 0.15) is 5.56 Å². The van der Waals surface area contributed by atoms with E-state index in [9.17, 15) is 4.39 Å². The fraction of sp³-hybridized carbons (Fsp3) is 0.143. The van der Waals surface area contributed by atoms with Gasteiger partial charge in [0.2, 0.25) is 0 Å². The van der Waals surface area contributed by atoms with Crippen LogP contribution in [-0.4, -0.2) is 14.2 Å². The van der Waals surface area contributed by atoms with Crippen molar-refractivity contribution in [2.75, 3.05) is 14.2 Å². The van der Waals surface area contributed by atoms with E-state index >= 15 is 0 Å². The van der Waals surface area contributed by atoms with Gasteiger partial charge in [-0.1, -0.05) is 36.4 Å². The van der Waals surface area contributed by atoms with E-state index in [0.717, 1.165) is 16.7 Å². The van der Waals surface area contributed by atoms with Gasteiger partial charge in [0.1, 0.15) is 18.2 Å². The predicted molar refractivity (Wildman–Crippen MR) is 95.7 cm³/mol. The maximum absolute atomic E-state index is 13.9. The molecule has 128 valence electrons. The summed E-state index contributed by atoms with van der Waals surface area (Å²) in [5, 5.41) is 0. The topological polar surface area (TPSA) is 27.7 Å². The predicted octanol–water partition coefficient (Wildman–Crippen LogP) is 5.09. The highest BCUT2D eigenvalue weighted by atomic mass is 19.1. The van der Waals surface area contributed by atoms with E-state index in [4.69, 9.17) is 14.2 Å². The average Bonchev–Trinajstić information content (AvgIpc) is 2.66. The maximum Gasteiger partial charge on any atom is 0.161 e. The first-order valence-corrected chi connectivity index (χ1v) is 7.89. The van der Waals surface area contributed by atoms with Crippen LogP contribution >= 0.6 is 0 Å². The lowest BCUT2D eigenvalue weighted by atomic mass is 10.1. The van der Waals surface area contributed by atoms with Crippen molar-refractivity contribution in [2.45, 2.75) is 6.61 Å². The van der Waals surface area contributed by atoms with E-state index in [1.165, 1.54) is 12.1 Å². The molecule has 0 saturated heterocycles. The van der Waals surface area contributed by atoms with Crippen LogP contribution in [0.15, 0.2) is 66.7 Å². The molecule has 0 spiro atoms. The number of hydrogen-bond donors (Lipinski definition) is 0. The second-order valence-electron chi connectivity index (χ2n) is 5.52. The summed E-state index contributed by atoms with van der Waals surface area (Å²) in [4.78, 5) is 0. The monoisotopic (exact) mass is 338 g/mol. The van der Waals surface area contributed by atoms with Crippen molar-refractivity contribution in [3.8, 4) is 28.4 Å². The molecule has 3 aromatic carbocycles. The van der Waals surface area contributed by atoms with Crippen molar-refractivity contribution >= 4 is 0 Å². The molecule has 0 aromatic heterocycles. The first-order chi connectivity index (χ1) is 12.2. The standard InChI is InChI=1S/C21H19FO3/c1-23-20-9-8-15(10-21(20)24-2)14-25-19-12-17(11-18(22)13-19)16-6-4-3-5-7-16/h3-13H,14H2,1-2H3. The minimum absolute atomic E-state index is 0.304. The van der Waals surface area contributed by atoms with E-state index in [2.05, 4.69) is 0 Å². The van der Waals surface area contributed by atoms with Crippen LogP contribution in [-0.2, 0) is 6.61 Å². The molecular formula is C21H19FO3. The molecule has 0 amide bonds. The van der Waals surface area contributed by atoms with Crippen LogP contribution in [0.25, 0.3) is 11.1 Å². The third kappa shape index (κ3) is 4.10. The lowest BCUT2D eigenvalue weighted by molar-refractivity contribution is 0.302. The third-order valence-electron chi connectivity index (χ3n) is 3.83. The van der Waals surface area contributed by atoms with Crippen LogP contribution in [0.4, 0.5) is 4.39 Å². The van der Waals surface area contributed by atoms with Gasteiger partial charge >= 0.3 is 0 Å². The summed E-state index contributed by atoms with van der Waals surface area (Å²) in [5.41, 5.74) is 2.63. The van der Waals surface area contributed by atoms with Gasteiger partial charge in [-0.2, -0.15) is 0 Å². The van der Waals surface area contributed by atoms with Gasteiger partial charge < -0.3 is 14.2 Å². The van der Waals surface area contributed by atoms with Gasteiger partial charge in [0, 0.05) is 6.07 Å². The summed E-state index contributed by atoms with van der Waals surface area (Å²) in [6, 6.07) is 19.9. The highest BCUT2D eigenvalue weighted by molar-refractivity contribution is 5.65. The Hall–Kier alpha value is -3.01. The molecule has 3 aromatic rings. The molecule has 3 nitrogen and oxygen atoms in total. The Bertz CT molecular complexity index is 847. The molecule has 0 heterocycles. The van der Waals surface area contributed by atoms with Gasteiger partial charge in [0.15, 0.2) is 11.5 Å². The highest BCUT2D eigenvalue weighted by Gasteiger charge is 2.07. The smallest absolute Gasteiger partial charge is 0.161 e. The molecule has 0 bridgehead atoms. The van der Waals surface area contributed by atoms with Crippen LogP contribution in [0.2, 0.25) is 0 Å². The summed E-state index contributed by atoms with van der Waals surface area (Å²) >= 11 is 0. The number of benzene rings is 3. The fourth-order valence-corrected chi connectivity index (χ4v) is 2.58. The van der Waals surface area contributed by atoms with Crippen molar-refractivity contribution in [3.05, 3.63) is 78.1 Å². The minimum atomic E-state index is -0.330. The zero-order chi connectivity index (χ0) is 17.6. The van der Waals surface area contributed by atoms with E-state index in [1.54, 1.807) is 14.2 Å². The van der Waals surface area contributed by atoms with Gasteiger partial charge in [0.25, 0.3) is 0 Å². The molecule has 0 radical (unpaired) electrons. The Kier molecular flexibility index (Phi) is 5.19. The largest absolute Gasteiger partial charge is 0.493 e. The Labute approximate surface area is 146 Å². The number of halogens is 1. The first kappa shape index (κ1) is 16.8. The molecule has 0 atom stereocenters. The molecule has 0 N–H and O–H groups in total. The molecule has 25 heavy (non-hydrogen) atoms. The van der Waals surface area contributed by atoms with Crippen molar-refractivity contribution in [3.63, 3.8) is 0 Å². The van der Waals surface area contributed by atoms with Gasteiger partial charge in [-0.05, 0) is 41.0 Å². The first-order valence-electron chi connectivity index (χ1n) is 7.89. The van der Waals surface area contributed by atoms with Gasteiger partial charge in [-0.15, -0.1) is 0 Å². The lowest BCUT2D eigenvalue weighted by Crippen LogP contribution is -1.98. The van der Waals surface area contributed by atoms with Crippen LogP contribution < -0.4 is 14.2 Å². The van der Waals surface area contributed by atoms with Gasteiger partial charge in [-0.3, -0.25) is 0 Å². The molecule has 0 aliphatic carbocycles. The summed E-state index contributed by atoms with van der Waals surface area (Å²) < 4.78 is 30.2. The molecular weight excluding hydrogens is 319 g/mol. The Balaban J connectivity index is 1.79. The van der Waals surface area contributed by atoms with Crippen LogP contribution in [0.5, 0.6) is 17.2 Å². The molecule has 0 fully saturated rings. The normalized spacial score (nSPS) is 10.4. The van der Waals surface area contributed by atoms with Gasteiger partial charge in [0.05, 0.1) is 14.2 Å². The number of hydrogen-bond acceptors (Lipinski definition) is 3. The Morgan fingerprint density at radius 1 is 0.760 bits per heavy atom. The quantitative estimate of drug-likeness (QED) is 0.627. The molecule has 0 aliphatic heterocycles. The maximum atomic E-state index is 13.9. The fourth-order valence-electron chi connectivity index (χ4n) is 2.58. The zero-order valence-corrected chi connectivity index (χ0v) is 14.2. The Morgan fingerprint density at radius 3 is 2.24 bits per heavy atom. The number of ether oxygens (including phenoxy) is 3. The SMILES string of the molecule is COc1ccc(COc2cc(F)cc(-c3ccccc3)c2)cc1OC. The molecule has 0 unspecified atom stereocenters. The van der Waals surface area contributed by atoms with Crippen LogP contribution in [0.3, 0.4) is 0 Å². The average molecular weight is 338 g/mol. The molecule has 3 rings (SSSR count). The number of rotatable bonds is 6. The van der Waals surface area contributed by atoms with E-state index in [0.29, 0.717) is 23.9 Å². The Morgan fingerprint density at radius 2 is 1.52 bits per heavy atom. The molecule has 0 aliphatic rings. The van der Waals surface area contributed by atoms with Gasteiger partial charge in [-0.25, -0.2) is 4.39 Å². The second-order valence-corrected chi connectivity index (χ2v) is 5.52. The summed E-state index contributed by atoms with van der Waals surface area (Å²) in [6.07, 6.45) is 0. The highest BCUT2D eigenvalue weighted by Crippen LogP contribution is 2.29. The lowest BCUT2D eigenvalue weighted by Gasteiger charge is -2.12. The van der Waals surface area contributed by atoms with Crippen molar-refractivity contribution in [1.29, 1.82) is 0 Å². The van der Waals surface area contributed by atoms with E-state index in [1.807, 2.05) is 54.6 Å². The molecule has 4 heteroatoms. The summed E-state index contributed by atoms with van der Waals surface area (Å²) in [5.74, 6) is 1.44. The molecule has 0 saturated carbocycles. The third-order valence-corrected chi connectivity index (χ3v) is 3.83. The van der Waals surface area contributed by atoms with Crippen LogP contribution in [0, 0.1) is 5.82 Å². The van der Waals surface area contributed by atoms with Crippen molar-refractivity contribution in [2.24, 2.45) is 0 Å². The van der Waals surface area contributed by atoms with Crippen molar-refractivity contribution < 1.29 is 18.6 Å². The van der Waals surface area contributed by atoms with E-state index in [-0.39, 0.29) is 5.82 Å². The minimum Gasteiger partial charge on any atom is -0.493 e. The van der Waals surface area contributed by atoms with Crippen molar-refractivity contribution in [1.82, 2.24) is 0 Å². The number of methoxy groups -OCH3 is 2. The van der Waals surface area contributed by atoms with E-state index < -0.39 is 0 Å².